The quantitative estimate of drug-likeness (QED) is 0.920. The number of nitrogens with zero attached hydrogens (tertiary/aromatic N) is 2. The molecule has 0 aliphatic carbocycles. The molecule has 102 valence electrons. The van der Waals surface area contributed by atoms with Gasteiger partial charge in [0.15, 0.2) is 0 Å². The molecule has 4 nitrogen and oxygen atoms in total. The Morgan fingerprint density at radius 2 is 2.00 bits per heavy atom. The standard InChI is InChI=1S/C14H17FN2O2/c1-9-13(14(19-3)17(2)16-9)12(18)8-10-4-6-11(15)7-5-10/h4-7,12,18H,8H2,1-3H3. The highest BCUT2D eigenvalue weighted by molar-refractivity contribution is 5.34. The maximum atomic E-state index is 12.8. The third kappa shape index (κ3) is 2.76. The molecule has 2 rings (SSSR count). The van der Waals surface area contributed by atoms with Crippen molar-refractivity contribution in [1.82, 2.24) is 9.78 Å². The van der Waals surface area contributed by atoms with Crippen LogP contribution < -0.4 is 4.74 Å². The first-order valence-electron chi connectivity index (χ1n) is 6.03. The van der Waals surface area contributed by atoms with Gasteiger partial charge < -0.3 is 9.84 Å². The Balaban J connectivity index is 2.24. The molecule has 1 unspecified atom stereocenters. The minimum atomic E-state index is -0.728. The smallest absolute Gasteiger partial charge is 0.217 e. The van der Waals surface area contributed by atoms with Gasteiger partial charge in [0.1, 0.15) is 5.82 Å². The third-order valence-corrected chi connectivity index (χ3v) is 3.08. The fourth-order valence-corrected chi connectivity index (χ4v) is 2.22. The molecule has 0 fully saturated rings. The zero-order chi connectivity index (χ0) is 14.0. The van der Waals surface area contributed by atoms with E-state index < -0.39 is 6.10 Å². The highest BCUT2D eigenvalue weighted by Crippen LogP contribution is 2.30. The summed E-state index contributed by atoms with van der Waals surface area (Å²) >= 11 is 0. The summed E-state index contributed by atoms with van der Waals surface area (Å²) in [5.74, 6) is 0.264. The van der Waals surface area contributed by atoms with Crippen LogP contribution in [-0.4, -0.2) is 22.0 Å². The van der Waals surface area contributed by atoms with E-state index >= 15 is 0 Å². The zero-order valence-corrected chi connectivity index (χ0v) is 11.2. The van der Waals surface area contributed by atoms with Crippen molar-refractivity contribution >= 4 is 0 Å². The zero-order valence-electron chi connectivity index (χ0n) is 11.2. The van der Waals surface area contributed by atoms with E-state index in [2.05, 4.69) is 5.10 Å². The number of aliphatic hydroxyl groups is 1. The van der Waals surface area contributed by atoms with Crippen LogP contribution in [0.25, 0.3) is 0 Å². The molecule has 0 spiro atoms. The van der Waals surface area contributed by atoms with Gasteiger partial charge in [-0.1, -0.05) is 12.1 Å². The Kier molecular flexibility index (Phi) is 3.85. The van der Waals surface area contributed by atoms with Crippen molar-refractivity contribution in [2.45, 2.75) is 19.4 Å². The van der Waals surface area contributed by atoms with Crippen LogP contribution >= 0.6 is 0 Å². The molecule has 1 aromatic heterocycles. The molecule has 0 saturated heterocycles. The van der Waals surface area contributed by atoms with Gasteiger partial charge >= 0.3 is 0 Å². The van der Waals surface area contributed by atoms with Crippen molar-refractivity contribution < 1.29 is 14.2 Å². The molecule has 19 heavy (non-hydrogen) atoms. The Bertz CT molecular complexity index is 564. The molecule has 1 N–H and O–H groups in total. The summed E-state index contributed by atoms with van der Waals surface area (Å²) < 4.78 is 19.7. The molecule has 1 aromatic carbocycles. The van der Waals surface area contributed by atoms with Gasteiger partial charge in [-0.25, -0.2) is 9.07 Å². The fourth-order valence-electron chi connectivity index (χ4n) is 2.22. The second-order valence-electron chi connectivity index (χ2n) is 4.48. The number of benzene rings is 1. The number of halogens is 1. The molecule has 1 heterocycles. The SMILES string of the molecule is COc1c(C(O)Cc2ccc(F)cc2)c(C)nn1C. The van der Waals surface area contributed by atoms with Gasteiger partial charge in [-0.05, 0) is 24.6 Å². The number of methoxy groups -OCH3 is 1. The van der Waals surface area contributed by atoms with E-state index in [1.807, 2.05) is 6.92 Å². The molecular formula is C14H17FN2O2. The third-order valence-electron chi connectivity index (χ3n) is 3.08. The van der Waals surface area contributed by atoms with Crippen molar-refractivity contribution in [2.24, 2.45) is 7.05 Å². The van der Waals surface area contributed by atoms with E-state index in [0.717, 1.165) is 11.3 Å². The number of ether oxygens (including phenoxy) is 1. The van der Waals surface area contributed by atoms with E-state index in [-0.39, 0.29) is 5.82 Å². The Labute approximate surface area is 111 Å². The summed E-state index contributed by atoms with van der Waals surface area (Å²) in [6, 6.07) is 6.10. The van der Waals surface area contributed by atoms with Gasteiger partial charge in [0.25, 0.3) is 0 Å². The maximum Gasteiger partial charge on any atom is 0.217 e. The van der Waals surface area contributed by atoms with E-state index in [0.29, 0.717) is 17.9 Å². The van der Waals surface area contributed by atoms with Gasteiger partial charge in [0.05, 0.1) is 24.5 Å². The van der Waals surface area contributed by atoms with Gasteiger partial charge in [-0.3, -0.25) is 0 Å². The minimum absolute atomic E-state index is 0.284. The first-order chi connectivity index (χ1) is 9.02. The highest BCUT2D eigenvalue weighted by atomic mass is 19.1. The van der Waals surface area contributed by atoms with Crippen LogP contribution in [0.5, 0.6) is 5.88 Å². The van der Waals surface area contributed by atoms with Gasteiger partial charge in [0, 0.05) is 13.5 Å². The second kappa shape index (κ2) is 5.40. The Morgan fingerprint density at radius 1 is 1.37 bits per heavy atom. The predicted octanol–water partition coefficient (Wildman–Crippen LogP) is 2.15. The first-order valence-corrected chi connectivity index (χ1v) is 6.03. The van der Waals surface area contributed by atoms with Crippen LogP contribution in [0.4, 0.5) is 4.39 Å². The summed E-state index contributed by atoms with van der Waals surface area (Å²) in [6.07, 6.45) is -0.336. The van der Waals surface area contributed by atoms with Crippen molar-refractivity contribution in [2.75, 3.05) is 7.11 Å². The Hall–Kier alpha value is -1.88. The highest BCUT2D eigenvalue weighted by Gasteiger charge is 2.21. The van der Waals surface area contributed by atoms with E-state index in [4.69, 9.17) is 4.74 Å². The fraction of sp³-hybridized carbons (Fsp3) is 0.357. The summed E-state index contributed by atoms with van der Waals surface area (Å²) in [5, 5.41) is 14.6. The van der Waals surface area contributed by atoms with Crippen molar-refractivity contribution in [3.8, 4) is 5.88 Å². The summed E-state index contributed by atoms with van der Waals surface area (Å²) in [4.78, 5) is 0. The second-order valence-corrected chi connectivity index (χ2v) is 4.48. The number of aromatic nitrogens is 2. The molecule has 1 atom stereocenters. The molecule has 5 heteroatoms. The van der Waals surface area contributed by atoms with Crippen LogP contribution in [0, 0.1) is 12.7 Å². The lowest BCUT2D eigenvalue weighted by Gasteiger charge is -2.12. The number of hydrogen-bond donors (Lipinski definition) is 1. The lowest BCUT2D eigenvalue weighted by Crippen LogP contribution is -2.05. The average molecular weight is 264 g/mol. The molecule has 0 aliphatic rings. The number of rotatable bonds is 4. The molecule has 2 aromatic rings. The van der Waals surface area contributed by atoms with Gasteiger partial charge in [-0.2, -0.15) is 5.10 Å². The molecule has 0 radical (unpaired) electrons. The van der Waals surface area contributed by atoms with E-state index in [1.54, 1.807) is 31.0 Å². The van der Waals surface area contributed by atoms with E-state index in [9.17, 15) is 9.50 Å². The molecule has 0 aliphatic heterocycles. The molecule has 0 amide bonds. The van der Waals surface area contributed by atoms with Crippen LogP contribution in [0.15, 0.2) is 24.3 Å². The lowest BCUT2D eigenvalue weighted by atomic mass is 10.0. The largest absolute Gasteiger partial charge is 0.481 e. The summed E-state index contributed by atoms with van der Waals surface area (Å²) in [7, 11) is 3.31. The number of aliphatic hydroxyl groups excluding tert-OH is 1. The van der Waals surface area contributed by atoms with Crippen LogP contribution in [0.2, 0.25) is 0 Å². The molecule has 0 saturated carbocycles. The predicted molar refractivity (Wildman–Crippen MR) is 69.6 cm³/mol. The first kappa shape index (κ1) is 13.5. The van der Waals surface area contributed by atoms with Crippen LogP contribution in [0.3, 0.4) is 0 Å². The van der Waals surface area contributed by atoms with Crippen molar-refractivity contribution in [3.63, 3.8) is 0 Å². The Morgan fingerprint density at radius 3 is 2.58 bits per heavy atom. The molecule has 0 bridgehead atoms. The normalized spacial score (nSPS) is 12.5. The van der Waals surface area contributed by atoms with Gasteiger partial charge in [-0.15, -0.1) is 0 Å². The maximum absolute atomic E-state index is 12.8. The topological polar surface area (TPSA) is 47.3 Å². The van der Waals surface area contributed by atoms with E-state index in [1.165, 1.54) is 12.1 Å². The number of hydrogen-bond acceptors (Lipinski definition) is 3. The number of aryl methyl sites for hydroxylation is 2. The summed E-state index contributed by atoms with van der Waals surface area (Å²) in [6.45, 7) is 1.83. The van der Waals surface area contributed by atoms with Gasteiger partial charge in [0.2, 0.25) is 5.88 Å². The lowest BCUT2D eigenvalue weighted by molar-refractivity contribution is 0.172. The molecular weight excluding hydrogens is 247 g/mol. The van der Waals surface area contributed by atoms with Crippen LogP contribution in [0.1, 0.15) is 22.9 Å². The monoisotopic (exact) mass is 264 g/mol. The minimum Gasteiger partial charge on any atom is -0.481 e. The van der Waals surface area contributed by atoms with Crippen molar-refractivity contribution in [3.05, 3.63) is 46.9 Å². The van der Waals surface area contributed by atoms with Crippen LogP contribution in [-0.2, 0) is 13.5 Å². The average Bonchev–Trinajstić information content (AvgIpc) is 2.66. The summed E-state index contributed by atoms with van der Waals surface area (Å²) in [5.41, 5.74) is 2.27. The van der Waals surface area contributed by atoms with Crippen molar-refractivity contribution in [1.29, 1.82) is 0 Å².